The number of phenolic OH excluding ortho intramolecular Hbond substituents is 1. The number of halogens is 1. The van der Waals surface area contributed by atoms with Gasteiger partial charge in [-0.05, 0) is 54.5 Å². The van der Waals surface area contributed by atoms with E-state index in [-0.39, 0.29) is 28.8 Å². The number of carbonyl (C=O) groups is 2. The predicted molar refractivity (Wildman–Crippen MR) is 133 cm³/mol. The molecule has 0 spiro atoms. The normalized spacial score (nSPS) is 14.5. The molecule has 0 aromatic heterocycles. The fraction of sp³-hybridized carbons (Fsp3) is 0.269. The zero-order chi connectivity index (χ0) is 24.1. The summed E-state index contributed by atoms with van der Waals surface area (Å²) in [5, 5.41) is 15.4. The van der Waals surface area contributed by atoms with Crippen molar-refractivity contribution in [1.82, 2.24) is 10.3 Å². The van der Waals surface area contributed by atoms with E-state index in [1.54, 1.807) is 12.3 Å². The second-order valence-electron chi connectivity index (χ2n) is 8.42. The van der Waals surface area contributed by atoms with Gasteiger partial charge in [0.2, 0.25) is 0 Å². The number of fused-ring (bicyclic) bond motifs is 1. The maximum atomic E-state index is 12.6. The monoisotopic (exact) mass is 479 g/mol. The molecule has 0 saturated carbocycles. The van der Waals surface area contributed by atoms with Crippen LogP contribution in [-0.2, 0) is 4.79 Å². The van der Waals surface area contributed by atoms with Gasteiger partial charge in [-0.25, -0.2) is 5.43 Å². The van der Waals surface area contributed by atoms with Gasteiger partial charge in [0.1, 0.15) is 11.5 Å². The van der Waals surface area contributed by atoms with E-state index in [9.17, 15) is 14.7 Å². The molecule has 3 aromatic rings. The van der Waals surface area contributed by atoms with Gasteiger partial charge in [-0.2, -0.15) is 5.10 Å². The number of amides is 2. The summed E-state index contributed by atoms with van der Waals surface area (Å²) in [7, 11) is 0. The van der Waals surface area contributed by atoms with Gasteiger partial charge in [0, 0.05) is 29.6 Å². The lowest BCUT2D eigenvalue weighted by molar-refractivity contribution is -0.134. The minimum Gasteiger partial charge on any atom is -0.506 e. The number of rotatable bonds is 6. The van der Waals surface area contributed by atoms with Crippen molar-refractivity contribution in [3.8, 4) is 11.5 Å². The Bertz CT molecular complexity index is 1240. The molecule has 3 aromatic carbocycles. The van der Waals surface area contributed by atoms with Crippen molar-refractivity contribution in [3.05, 3.63) is 70.7 Å². The van der Waals surface area contributed by atoms with Gasteiger partial charge in [-0.3, -0.25) is 9.59 Å². The predicted octanol–water partition coefficient (Wildman–Crippen LogP) is 4.60. The van der Waals surface area contributed by atoms with Crippen molar-refractivity contribution in [2.24, 2.45) is 11.0 Å². The Morgan fingerprint density at radius 3 is 2.62 bits per heavy atom. The molecular weight excluding hydrogens is 454 g/mol. The molecule has 2 N–H and O–H groups in total. The summed E-state index contributed by atoms with van der Waals surface area (Å²) >= 11 is 5.86. The van der Waals surface area contributed by atoms with Crippen LogP contribution >= 0.6 is 11.6 Å². The molecule has 0 radical (unpaired) electrons. The van der Waals surface area contributed by atoms with E-state index in [1.165, 1.54) is 18.2 Å². The fourth-order valence-electron chi connectivity index (χ4n) is 3.90. The number of likely N-dealkylation sites (tertiary alicyclic amines) is 1. The third-order valence-corrected chi connectivity index (χ3v) is 6.29. The first-order valence-corrected chi connectivity index (χ1v) is 11.5. The molecule has 0 bridgehead atoms. The number of carbonyl (C=O) groups excluding carboxylic acids is 2. The van der Waals surface area contributed by atoms with Crippen LogP contribution in [0.4, 0.5) is 0 Å². The van der Waals surface area contributed by atoms with E-state index in [0.29, 0.717) is 11.7 Å². The van der Waals surface area contributed by atoms with Crippen molar-refractivity contribution >= 4 is 40.4 Å². The van der Waals surface area contributed by atoms with Crippen LogP contribution in [0.1, 0.15) is 35.7 Å². The van der Waals surface area contributed by atoms with Crippen molar-refractivity contribution in [2.75, 3.05) is 19.7 Å². The number of hydrogen-bond donors (Lipinski definition) is 2. The molecule has 8 heteroatoms. The number of nitrogens with one attached hydrogen (secondary N) is 1. The lowest BCUT2D eigenvalue weighted by Crippen LogP contribution is -2.40. The maximum absolute atomic E-state index is 12.6. The number of hydrogen-bond acceptors (Lipinski definition) is 5. The number of aromatic hydroxyl groups is 1. The second-order valence-corrected chi connectivity index (χ2v) is 8.82. The first kappa shape index (κ1) is 23.6. The number of nitrogens with zero attached hydrogens (tertiary/aromatic N) is 2. The highest BCUT2D eigenvalue weighted by molar-refractivity contribution is 6.32. The topological polar surface area (TPSA) is 91.2 Å². The third kappa shape index (κ3) is 5.48. The smallest absolute Gasteiger partial charge is 0.271 e. The van der Waals surface area contributed by atoms with Crippen molar-refractivity contribution in [3.63, 3.8) is 0 Å². The molecule has 1 aliphatic rings. The average Bonchev–Trinajstić information content (AvgIpc) is 2.85. The van der Waals surface area contributed by atoms with Crippen molar-refractivity contribution in [1.29, 1.82) is 0 Å². The van der Waals surface area contributed by atoms with Gasteiger partial charge in [-0.1, -0.05) is 42.8 Å². The fourth-order valence-corrected chi connectivity index (χ4v) is 4.08. The van der Waals surface area contributed by atoms with Gasteiger partial charge < -0.3 is 14.7 Å². The Morgan fingerprint density at radius 2 is 1.88 bits per heavy atom. The molecule has 4 rings (SSSR count). The molecular formula is C26H26ClN3O4. The highest BCUT2D eigenvalue weighted by Crippen LogP contribution is 2.28. The highest BCUT2D eigenvalue weighted by atomic mass is 35.5. The first-order chi connectivity index (χ1) is 16.4. The van der Waals surface area contributed by atoms with Gasteiger partial charge in [0.05, 0.1) is 11.2 Å². The SMILES string of the molecule is CC1CCN(C(=O)COc2ccc(C=NNC(=O)c3ccc(O)c(Cl)c3)c3ccccc23)CC1. The summed E-state index contributed by atoms with van der Waals surface area (Å²) in [5.74, 6) is 0.732. The number of hydrazone groups is 1. The standard InChI is InChI=1S/C26H26ClN3O4/c1-17-10-12-30(13-11-17)25(32)16-34-24-9-7-19(20-4-2-3-5-21(20)24)15-28-29-26(33)18-6-8-23(31)22(27)14-18/h2-9,14-15,17,31H,10-13,16H2,1H3,(H,29,33). The zero-order valence-corrected chi connectivity index (χ0v) is 19.6. The van der Waals surface area contributed by atoms with Gasteiger partial charge in [-0.15, -0.1) is 0 Å². The lowest BCUT2D eigenvalue weighted by Gasteiger charge is -2.30. The summed E-state index contributed by atoms with van der Waals surface area (Å²) in [4.78, 5) is 26.7. The minimum absolute atomic E-state index is 0.00123. The van der Waals surface area contributed by atoms with E-state index >= 15 is 0 Å². The van der Waals surface area contributed by atoms with Crippen LogP contribution in [0.25, 0.3) is 10.8 Å². The van der Waals surface area contributed by atoms with E-state index in [0.717, 1.165) is 42.3 Å². The van der Waals surface area contributed by atoms with Gasteiger partial charge in [0.15, 0.2) is 6.61 Å². The first-order valence-electron chi connectivity index (χ1n) is 11.2. The molecule has 0 aliphatic carbocycles. The molecule has 34 heavy (non-hydrogen) atoms. The molecule has 2 amide bonds. The number of phenols is 1. The molecule has 0 atom stereocenters. The van der Waals surface area contributed by atoms with Crippen LogP contribution < -0.4 is 10.2 Å². The van der Waals surface area contributed by atoms with Crippen LogP contribution in [0, 0.1) is 5.92 Å². The summed E-state index contributed by atoms with van der Waals surface area (Å²) < 4.78 is 5.90. The average molecular weight is 480 g/mol. The molecule has 1 fully saturated rings. The van der Waals surface area contributed by atoms with Crippen LogP contribution in [0.15, 0.2) is 59.7 Å². The largest absolute Gasteiger partial charge is 0.506 e. The summed E-state index contributed by atoms with van der Waals surface area (Å²) in [6.45, 7) is 3.77. The van der Waals surface area contributed by atoms with Crippen LogP contribution in [-0.4, -0.2) is 47.7 Å². The summed E-state index contributed by atoms with van der Waals surface area (Å²) in [5.41, 5.74) is 3.52. The highest BCUT2D eigenvalue weighted by Gasteiger charge is 2.20. The maximum Gasteiger partial charge on any atom is 0.271 e. The number of piperidine rings is 1. The molecule has 7 nitrogen and oxygen atoms in total. The Morgan fingerprint density at radius 1 is 1.15 bits per heavy atom. The van der Waals surface area contributed by atoms with Crippen LogP contribution in [0.5, 0.6) is 11.5 Å². The van der Waals surface area contributed by atoms with Crippen molar-refractivity contribution < 1.29 is 19.4 Å². The quantitative estimate of drug-likeness (QED) is 0.399. The van der Waals surface area contributed by atoms with Crippen LogP contribution in [0.2, 0.25) is 5.02 Å². The van der Waals surface area contributed by atoms with Crippen molar-refractivity contribution in [2.45, 2.75) is 19.8 Å². The Balaban J connectivity index is 1.44. The second kappa shape index (κ2) is 10.6. The molecule has 0 unspecified atom stereocenters. The lowest BCUT2D eigenvalue weighted by atomic mass is 9.99. The van der Waals surface area contributed by atoms with Gasteiger partial charge >= 0.3 is 0 Å². The van der Waals surface area contributed by atoms with Gasteiger partial charge in [0.25, 0.3) is 11.8 Å². The summed E-state index contributed by atoms with van der Waals surface area (Å²) in [6, 6.07) is 15.5. The molecule has 176 valence electrons. The molecule has 1 saturated heterocycles. The molecule has 1 aliphatic heterocycles. The number of benzene rings is 3. The Kier molecular flexibility index (Phi) is 7.33. The van der Waals surface area contributed by atoms with E-state index < -0.39 is 5.91 Å². The Labute approximate surface area is 203 Å². The Hall–Kier alpha value is -3.58. The zero-order valence-electron chi connectivity index (χ0n) is 18.8. The van der Waals surface area contributed by atoms with E-state index in [1.807, 2.05) is 35.2 Å². The van der Waals surface area contributed by atoms with E-state index in [2.05, 4.69) is 17.5 Å². The minimum atomic E-state index is -0.451. The number of ether oxygens (including phenoxy) is 1. The van der Waals surface area contributed by atoms with Crippen LogP contribution in [0.3, 0.4) is 0 Å². The van der Waals surface area contributed by atoms with E-state index in [4.69, 9.17) is 16.3 Å². The third-order valence-electron chi connectivity index (χ3n) is 5.98. The molecule has 1 heterocycles. The summed E-state index contributed by atoms with van der Waals surface area (Å²) in [6.07, 6.45) is 3.60.